The maximum atomic E-state index is 4.82. The second kappa shape index (κ2) is 6.45. The lowest BCUT2D eigenvalue weighted by Gasteiger charge is -2.33. The van der Waals surface area contributed by atoms with Gasteiger partial charge in [0.1, 0.15) is 0 Å². The Labute approximate surface area is 133 Å². The van der Waals surface area contributed by atoms with Gasteiger partial charge in [0, 0.05) is 18.5 Å². The largest absolute Gasteiger partial charge is 0.312 e. The number of rotatable bonds is 6. The Bertz CT molecular complexity index is 549. The quantitative estimate of drug-likeness (QED) is 0.809. The van der Waals surface area contributed by atoms with E-state index in [4.69, 9.17) is 4.98 Å². The fourth-order valence-electron chi connectivity index (χ4n) is 2.68. The maximum Gasteiger partial charge on any atom is 0.0944 e. The van der Waals surface area contributed by atoms with Crippen molar-refractivity contribution in [2.75, 3.05) is 6.54 Å². The molecule has 0 saturated carbocycles. The van der Waals surface area contributed by atoms with Crippen LogP contribution in [-0.4, -0.2) is 17.1 Å². The lowest BCUT2D eigenvalue weighted by Crippen LogP contribution is -2.43. The van der Waals surface area contributed by atoms with Gasteiger partial charge in [0.25, 0.3) is 0 Å². The molecule has 0 amide bonds. The zero-order valence-electron chi connectivity index (χ0n) is 14.0. The fourth-order valence-corrected chi connectivity index (χ4v) is 3.87. The van der Waals surface area contributed by atoms with Gasteiger partial charge in [0.2, 0.25) is 0 Å². The van der Waals surface area contributed by atoms with Crippen LogP contribution in [0.3, 0.4) is 0 Å². The van der Waals surface area contributed by atoms with Crippen molar-refractivity contribution in [3.8, 4) is 0 Å². The highest BCUT2D eigenvalue weighted by molar-refractivity contribution is 7.18. The standard InChI is InChI=1S/C18H28N2S/c1-6-11-18(5,13-19-17(2,3)4)12-16-20-14-9-7-8-10-15(14)21-16/h7-10,19H,6,11-13H2,1-5H3. The normalized spacial score (nSPS) is 15.3. The van der Waals surface area contributed by atoms with Crippen LogP contribution in [-0.2, 0) is 6.42 Å². The SMILES string of the molecule is CCCC(C)(CNC(C)(C)C)Cc1nc2ccccc2s1. The number of benzene rings is 1. The third-order valence-electron chi connectivity index (χ3n) is 3.82. The van der Waals surface area contributed by atoms with Crippen LogP contribution in [0.2, 0.25) is 0 Å². The number of para-hydroxylation sites is 1. The molecule has 1 atom stereocenters. The molecule has 0 saturated heterocycles. The number of hydrogen-bond acceptors (Lipinski definition) is 3. The molecule has 2 nitrogen and oxygen atoms in total. The van der Waals surface area contributed by atoms with Crippen molar-refractivity contribution in [1.29, 1.82) is 0 Å². The van der Waals surface area contributed by atoms with Crippen molar-refractivity contribution in [3.63, 3.8) is 0 Å². The van der Waals surface area contributed by atoms with Gasteiger partial charge in [-0.05, 0) is 44.7 Å². The summed E-state index contributed by atoms with van der Waals surface area (Å²) in [6, 6.07) is 8.44. The monoisotopic (exact) mass is 304 g/mol. The smallest absolute Gasteiger partial charge is 0.0944 e. The van der Waals surface area contributed by atoms with E-state index in [-0.39, 0.29) is 11.0 Å². The highest BCUT2D eigenvalue weighted by Crippen LogP contribution is 2.32. The highest BCUT2D eigenvalue weighted by atomic mass is 32.1. The van der Waals surface area contributed by atoms with Gasteiger partial charge in [-0.15, -0.1) is 11.3 Å². The number of nitrogens with zero attached hydrogens (tertiary/aromatic N) is 1. The number of thiazole rings is 1. The van der Waals surface area contributed by atoms with Crippen LogP contribution in [0, 0.1) is 5.41 Å². The number of fused-ring (bicyclic) bond motifs is 1. The molecule has 1 heterocycles. The molecule has 0 aliphatic heterocycles. The second-order valence-corrected chi connectivity index (χ2v) is 8.53. The van der Waals surface area contributed by atoms with E-state index in [9.17, 15) is 0 Å². The minimum absolute atomic E-state index is 0.169. The van der Waals surface area contributed by atoms with Crippen LogP contribution in [0.15, 0.2) is 24.3 Å². The first kappa shape index (κ1) is 16.4. The minimum Gasteiger partial charge on any atom is -0.312 e. The molecule has 0 fully saturated rings. The molecule has 0 aliphatic carbocycles. The highest BCUT2D eigenvalue weighted by Gasteiger charge is 2.27. The van der Waals surface area contributed by atoms with Crippen molar-refractivity contribution in [3.05, 3.63) is 29.3 Å². The molecule has 0 spiro atoms. The lowest BCUT2D eigenvalue weighted by atomic mass is 9.81. The summed E-state index contributed by atoms with van der Waals surface area (Å²) in [5, 5.41) is 4.94. The molecular weight excluding hydrogens is 276 g/mol. The van der Waals surface area contributed by atoms with Crippen molar-refractivity contribution < 1.29 is 0 Å². The molecule has 0 radical (unpaired) electrons. The van der Waals surface area contributed by atoms with E-state index in [2.05, 4.69) is 64.2 Å². The Morgan fingerprint density at radius 1 is 1.14 bits per heavy atom. The van der Waals surface area contributed by atoms with Crippen LogP contribution in [0.4, 0.5) is 0 Å². The fraction of sp³-hybridized carbons (Fsp3) is 0.611. The van der Waals surface area contributed by atoms with E-state index in [1.54, 1.807) is 0 Å². The number of aromatic nitrogens is 1. The van der Waals surface area contributed by atoms with Crippen molar-refractivity contribution in [2.24, 2.45) is 5.41 Å². The van der Waals surface area contributed by atoms with Crippen molar-refractivity contribution in [2.45, 2.75) is 59.4 Å². The molecule has 116 valence electrons. The summed E-state index contributed by atoms with van der Waals surface area (Å²) >= 11 is 1.84. The first-order valence-corrected chi connectivity index (χ1v) is 8.72. The molecule has 1 aromatic carbocycles. The van der Waals surface area contributed by atoms with Crippen molar-refractivity contribution in [1.82, 2.24) is 10.3 Å². The van der Waals surface area contributed by atoms with E-state index in [0.717, 1.165) is 18.5 Å². The minimum atomic E-state index is 0.169. The predicted octanol–water partition coefficient (Wildman–Crippen LogP) is 5.03. The van der Waals surface area contributed by atoms with Gasteiger partial charge in [0.05, 0.1) is 15.2 Å². The first-order chi connectivity index (χ1) is 9.81. The third kappa shape index (κ3) is 4.79. The first-order valence-electron chi connectivity index (χ1n) is 7.91. The summed E-state index contributed by atoms with van der Waals surface area (Å²) in [4.78, 5) is 4.82. The molecule has 1 aromatic heterocycles. The van der Waals surface area contributed by atoms with Gasteiger partial charge >= 0.3 is 0 Å². The Kier molecular flexibility index (Phi) is 5.05. The molecule has 0 aliphatic rings. The molecule has 0 bridgehead atoms. The van der Waals surface area contributed by atoms with E-state index >= 15 is 0 Å². The lowest BCUT2D eigenvalue weighted by molar-refractivity contribution is 0.243. The van der Waals surface area contributed by atoms with Crippen molar-refractivity contribution >= 4 is 21.6 Å². The van der Waals surface area contributed by atoms with E-state index in [0.29, 0.717) is 0 Å². The summed E-state index contributed by atoms with van der Waals surface area (Å²) in [6.45, 7) is 12.4. The zero-order valence-corrected chi connectivity index (χ0v) is 14.8. The summed E-state index contributed by atoms with van der Waals surface area (Å²) < 4.78 is 1.30. The molecule has 1 N–H and O–H groups in total. The van der Waals surface area contributed by atoms with E-state index in [1.807, 2.05) is 11.3 Å². The maximum absolute atomic E-state index is 4.82. The Hall–Kier alpha value is -0.930. The Morgan fingerprint density at radius 3 is 2.48 bits per heavy atom. The Balaban J connectivity index is 2.14. The molecular formula is C18H28N2S. The average molecular weight is 305 g/mol. The molecule has 2 rings (SSSR count). The summed E-state index contributed by atoms with van der Waals surface area (Å²) in [6.07, 6.45) is 3.50. The van der Waals surface area contributed by atoms with Gasteiger partial charge in [-0.25, -0.2) is 4.98 Å². The van der Waals surface area contributed by atoms with Crippen LogP contribution in [0.1, 0.15) is 52.5 Å². The Morgan fingerprint density at radius 2 is 1.86 bits per heavy atom. The van der Waals surface area contributed by atoms with E-state index in [1.165, 1.54) is 22.5 Å². The van der Waals surface area contributed by atoms with Crippen LogP contribution < -0.4 is 5.32 Å². The van der Waals surface area contributed by atoms with Crippen LogP contribution >= 0.6 is 11.3 Å². The third-order valence-corrected chi connectivity index (χ3v) is 4.85. The molecule has 21 heavy (non-hydrogen) atoms. The van der Waals surface area contributed by atoms with Crippen LogP contribution in [0.5, 0.6) is 0 Å². The van der Waals surface area contributed by atoms with E-state index < -0.39 is 0 Å². The van der Waals surface area contributed by atoms with Gasteiger partial charge < -0.3 is 5.32 Å². The van der Waals surface area contributed by atoms with Crippen LogP contribution in [0.25, 0.3) is 10.2 Å². The van der Waals surface area contributed by atoms with Gasteiger partial charge in [-0.1, -0.05) is 32.4 Å². The zero-order chi connectivity index (χ0) is 15.5. The molecule has 2 aromatic rings. The summed E-state index contributed by atoms with van der Waals surface area (Å²) in [5.41, 5.74) is 1.58. The average Bonchev–Trinajstić information content (AvgIpc) is 2.78. The topological polar surface area (TPSA) is 24.9 Å². The molecule has 1 unspecified atom stereocenters. The van der Waals surface area contributed by atoms with Gasteiger partial charge in [-0.3, -0.25) is 0 Å². The summed E-state index contributed by atoms with van der Waals surface area (Å²) in [5.74, 6) is 0. The summed E-state index contributed by atoms with van der Waals surface area (Å²) in [7, 11) is 0. The second-order valence-electron chi connectivity index (χ2n) is 7.42. The predicted molar refractivity (Wildman–Crippen MR) is 94.1 cm³/mol. The number of nitrogens with one attached hydrogen (secondary N) is 1. The van der Waals surface area contributed by atoms with Gasteiger partial charge in [0.15, 0.2) is 0 Å². The number of hydrogen-bond donors (Lipinski definition) is 1. The molecule has 3 heteroatoms. The van der Waals surface area contributed by atoms with Gasteiger partial charge in [-0.2, -0.15) is 0 Å².